The second kappa shape index (κ2) is 12.2. The predicted octanol–water partition coefficient (Wildman–Crippen LogP) is 3.24. The summed E-state index contributed by atoms with van der Waals surface area (Å²) in [7, 11) is 1.64. The van der Waals surface area contributed by atoms with Gasteiger partial charge in [0.1, 0.15) is 12.4 Å². The molecule has 0 amide bonds. The van der Waals surface area contributed by atoms with Gasteiger partial charge >= 0.3 is 0 Å². The lowest BCUT2D eigenvalue weighted by Gasteiger charge is -2.28. The zero-order chi connectivity index (χ0) is 20.6. The molecule has 2 aromatic rings. The third-order valence-electron chi connectivity index (χ3n) is 5.41. The molecule has 1 saturated heterocycles. The molecule has 3 rings (SSSR count). The highest BCUT2D eigenvalue weighted by Gasteiger charge is 2.15. The first-order valence-corrected chi connectivity index (χ1v) is 10.4. The number of rotatable bonds is 10. The molecule has 1 fully saturated rings. The summed E-state index contributed by atoms with van der Waals surface area (Å²) >= 11 is 0. The number of likely N-dealkylation sites (tertiary alicyclic amines) is 1. The van der Waals surface area contributed by atoms with Crippen LogP contribution in [-0.4, -0.2) is 54.6 Å². The van der Waals surface area contributed by atoms with Crippen molar-refractivity contribution in [1.29, 1.82) is 0 Å². The van der Waals surface area contributed by atoms with E-state index in [1.54, 1.807) is 7.11 Å². The highest BCUT2D eigenvalue weighted by molar-refractivity contribution is 5.85. The van der Waals surface area contributed by atoms with Gasteiger partial charge in [-0.25, -0.2) is 0 Å². The molecule has 1 atom stereocenters. The first kappa shape index (κ1) is 24.5. The van der Waals surface area contributed by atoms with Gasteiger partial charge in [-0.05, 0) is 57.5 Å². The molecular formula is C22H34ClN3O4. The van der Waals surface area contributed by atoms with Crippen molar-refractivity contribution in [2.24, 2.45) is 0 Å². The molecule has 1 aromatic carbocycles. The number of hydrogen-bond acceptors (Lipinski definition) is 7. The average molecular weight is 440 g/mol. The number of aromatic nitrogens is 1. The van der Waals surface area contributed by atoms with E-state index in [1.165, 1.54) is 19.3 Å². The van der Waals surface area contributed by atoms with E-state index >= 15 is 0 Å². The summed E-state index contributed by atoms with van der Waals surface area (Å²) in [5, 5.41) is 17.6. The predicted molar refractivity (Wildman–Crippen MR) is 119 cm³/mol. The third-order valence-corrected chi connectivity index (χ3v) is 5.41. The van der Waals surface area contributed by atoms with Crippen LogP contribution in [0.1, 0.15) is 41.8 Å². The molecule has 1 aromatic heterocycles. The Kier molecular flexibility index (Phi) is 9.91. The highest BCUT2D eigenvalue weighted by atomic mass is 35.5. The van der Waals surface area contributed by atoms with Gasteiger partial charge in [-0.15, -0.1) is 12.4 Å². The largest absolute Gasteiger partial charge is 0.493 e. The van der Waals surface area contributed by atoms with Gasteiger partial charge in [-0.3, -0.25) is 0 Å². The van der Waals surface area contributed by atoms with E-state index in [9.17, 15) is 5.11 Å². The molecule has 0 bridgehead atoms. The normalized spacial score (nSPS) is 15.5. The smallest absolute Gasteiger partial charge is 0.161 e. The number of aliphatic hydroxyl groups excluding tert-OH is 1. The lowest BCUT2D eigenvalue weighted by molar-refractivity contribution is 0.1000. The van der Waals surface area contributed by atoms with Gasteiger partial charge in [0, 0.05) is 19.6 Å². The Morgan fingerprint density at radius 2 is 1.97 bits per heavy atom. The van der Waals surface area contributed by atoms with E-state index in [1.807, 2.05) is 32.0 Å². The molecule has 2 heterocycles. The number of aliphatic hydroxyl groups is 1. The molecule has 7 nitrogen and oxygen atoms in total. The summed E-state index contributed by atoms with van der Waals surface area (Å²) in [6.07, 6.45) is 3.44. The molecule has 0 radical (unpaired) electrons. The monoisotopic (exact) mass is 439 g/mol. The number of methoxy groups -OCH3 is 1. The van der Waals surface area contributed by atoms with Crippen LogP contribution in [0, 0.1) is 13.8 Å². The second-order valence-electron chi connectivity index (χ2n) is 7.72. The van der Waals surface area contributed by atoms with Gasteiger partial charge < -0.3 is 29.3 Å². The molecule has 30 heavy (non-hydrogen) atoms. The number of nitrogens with zero attached hydrogens (tertiary/aromatic N) is 2. The fourth-order valence-electron chi connectivity index (χ4n) is 3.69. The van der Waals surface area contributed by atoms with Crippen molar-refractivity contribution in [3.8, 4) is 11.5 Å². The van der Waals surface area contributed by atoms with Crippen LogP contribution in [0.25, 0.3) is 0 Å². The van der Waals surface area contributed by atoms with Crippen molar-refractivity contribution in [3.05, 3.63) is 40.8 Å². The molecule has 1 unspecified atom stereocenters. The fraction of sp³-hybridized carbons (Fsp3) is 0.591. The molecule has 1 aliphatic rings. The summed E-state index contributed by atoms with van der Waals surface area (Å²) in [6, 6.07) is 5.89. The Hall–Kier alpha value is -1.80. The second-order valence-corrected chi connectivity index (χ2v) is 7.72. The van der Waals surface area contributed by atoms with Gasteiger partial charge in [0.05, 0.1) is 24.5 Å². The average Bonchev–Trinajstić information content (AvgIpc) is 3.05. The van der Waals surface area contributed by atoms with Crippen LogP contribution in [-0.2, 0) is 13.2 Å². The summed E-state index contributed by atoms with van der Waals surface area (Å²) in [6.45, 7) is 8.35. The quantitative estimate of drug-likeness (QED) is 0.588. The van der Waals surface area contributed by atoms with Crippen LogP contribution in [0.2, 0.25) is 0 Å². The summed E-state index contributed by atoms with van der Waals surface area (Å²) in [4.78, 5) is 2.35. The number of ether oxygens (including phenoxy) is 2. The van der Waals surface area contributed by atoms with Gasteiger partial charge in [0.15, 0.2) is 11.5 Å². The number of benzene rings is 1. The Balaban J connectivity index is 0.00000320. The molecule has 2 N–H and O–H groups in total. The van der Waals surface area contributed by atoms with Crippen LogP contribution in [0.3, 0.4) is 0 Å². The summed E-state index contributed by atoms with van der Waals surface area (Å²) < 4.78 is 16.6. The molecule has 8 heteroatoms. The van der Waals surface area contributed by atoms with Crippen molar-refractivity contribution in [2.75, 3.05) is 33.3 Å². The van der Waals surface area contributed by atoms with E-state index < -0.39 is 0 Å². The van der Waals surface area contributed by atoms with Crippen LogP contribution < -0.4 is 14.8 Å². The number of piperidine rings is 1. The number of β-amino-alcohol motifs (C(OH)–C–C–N with tert-alkyl or cyclic N) is 1. The highest BCUT2D eigenvalue weighted by Crippen LogP contribution is 2.29. The molecule has 0 spiro atoms. The fourth-order valence-corrected chi connectivity index (χ4v) is 3.69. The minimum atomic E-state index is -0.354. The number of hydrogen-bond donors (Lipinski definition) is 2. The number of nitrogens with one attached hydrogen (secondary N) is 1. The van der Waals surface area contributed by atoms with Crippen LogP contribution in [0.4, 0.5) is 0 Å². The van der Waals surface area contributed by atoms with Crippen molar-refractivity contribution in [3.63, 3.8) is 0 Å². The van der Waals surface area contributed by atoms with Gasteiger partial charge in [0.25, 0.3) is 0 Å². The SMILES string of the molecule is COc1cc(CNCC(O)CN2CCCCC2)ccc1OCc1c(C)noc1C.Cl. The summed E-state index contributed by atoms with van der Waals surface area (Å²) in [5.41, 5.74) is 2.88. The lowest BCUT2D eigenvalue weighted by atomic mass is 10.1. The first-order valence-electron chi connectivity index (χ1n) is 10.4. The molecule has 0 saturated carbocycles. The van der Waals surface area contributed by atoms with Crippen LogP contribution >= 0.6 is 12.4 Å². The number of halogens is 1. The van der Waals surface area contributed by atoms with E-state index in [-0.39, 0.29) is 18.5 Å². The minimum Gasteiger partial charge on any atom is -0.493 e. The van der Waals surface area contributed by atoms with E-state index in [2.05, 4.69) is 15.4 Å². The van der Waals surface area contributed by atoms with Crippen molar-refractivity contribution in [2.45, 2.75) is 52.4 Å². The Labute approximate surface area is 185 Å². The van der Waals surface area contributed by atoms with Gasteiger partial charge in [-0.1, -0.05) is 17.6 Å². The van der Waals surface area contributed by atoms with E-state index in [0.29, 0.717) is 31.2 Å². The van der Waals surface area contributed by atoms with E-state index in [4.69, 9.17) is 14.0 Å². The van der Waals surface area contributed by atoms with Crippen LogP contribution in [0.5, 0.6) is 11.5 Å². The topological polar surface area (TPSA) is 80.0 Å². The van der Waals surface area contributed by atoms with E-state index in [0.717, 1.165) is 42.2 Å². The minimum absolute atomic E-state index is 0. The third kappa shape index (κ3) is 6.87. The molecular weight excluding hydrogens is 406 g/mol. The maximum atomic E-state index is 10.3. The maximum Gasteiger partial charge on any atom is 0.161 e. The zero-order valence-corrected chi connectivity index (χ0v) is 19.0. The number of aryl methyl sites for hydroxylation is 2. The lowest BCUT2D eigenvalue weighted by Crippen LogP contribution is -2.40. The standard InChI is InChI=1S/C22H33N3O4.ClH/c1-16-20(17(2)29-24-16)15-28-21-8-7-18(11-22(21)27-3)12-23-13-19(26)14-25-9-5-4-6-10-25;/h7-8,11,19,23,26H,4-6,9-10,12-15H2,1-3H3;1H. The first-order chi connectivity index (χ1) is 14.1. The molecule has 1 aliphatic heterocycles. The van der Waals surface area contributed by atoms with Crippen molar-refractivity contribution < 1.29 is 19.1 Å². The van der Waals surface area contributed by atoms with Crippen molar-refractivity contribution in [1.82, 2.24) is 15.4 Å². The Morgan fingerprint density at radius 3 is 2.63 bits per heavy atom. The Morgan fingerprint density at radius 1 is 1.20 bits per heavy atom. The van der Waals surface area contributed by atoms with Gasteiger partial charge in [-0.2, -0.15) is 0 Å². The van der Waals surface area contributed by atoms with Crippen molar-refractivity contribution >= 4 is 12.4 Å². The molecule has 0 aliphatic carbocycles. The zero-order valence-electron chi connectivity index (χ0n) is 18.1. The summed E-state index contributed by atoms with van der Waals surface area (Å²) in [5.74, 6) is 2.14. The van der Waals surface area contributed by atoms with Crippen LogP contribution in [0.15, 0.2) is 22.7 Å². The van der Waals surface area contributed by atoms with Gasteiger partial charge in [0.2, 0.25) is 0 Å². The Bertz CT molecular complexity index is 758. The maximum absolute atomic E-state index is 10.3. The molecule has 168 valence electrons.